The average molecular weight is 267 g/mol. The number of halogens is 1. The van der Waals surface area contributed by atoms with E-state index in [1.807, 2.05) is 6.92 Å². The lowest BCUT2D eigenvalue weighted by atomic mass is 10.2. The Morgan fingerprint density at radius 2 is 2.33 bits per heavy atom. The molecule has 1 aromatic carbocycles. The SMILES string of the molecule is Cc1[nH]ncc1CNc1ccc(Cl)cc1[N+](=O)[O-]. The van der Waals surface area contributed by atoms with Gasteiger partial charge in [0, 0.05) is 28.9 Å². The molecular weight excluding hydrogens is 256 g/mol. The number of nitrogens with one attached hydrogen (secondary N) is 2. The molecule has 0 saturated heterocycles. The first-order valence-corrected chi connectivity index (χ1v) is 5.62. The number of aryl methyl sites for hydroxylation is 1. The van der Waals surface area contributed by atoms with E-state index < -0.39 is 4.92 Å². The van der Waals surface area contributed by atoms with Crippen LogP contribution in [0, 0.1) is 17.0 Å². The smallest absolute Gasteiger partial charge is 0.293 e. The fraction of sp³-hybridized carbons (Fsp3) is 0.182. The van der Waals surface area contributed by atoms with Crippen LogP contribution in [0.25, 0.3) is 0 Å². The van der Waals surface area contributed by atoms with Gasteiger partial charge in [-0.15, -0.1) is 0 Å². The molecule has 2 aromatic rings. The minimum Gasteiger partial charge on any atom is -0.375 e. The molecule has 2 rings (SSSR count). The van der Waals surface area contributed by atoms with E-state index in [1.54, 1.807) is 18.3 Å². The molecule has 1 heterocycles. The zero-order valence-electron chi connectivity index (χ0n) is 9.61. The average Bonchev–Trinajstić information content (AvgIpc) is 2.73. The zero-order valence-corrected chi connectivity index (χ0v) is 10.4. The van der Waals surface area contributed by atoms with Crippen LogP contribution >= 0.6 is 11.6 Å². The number of rotatable bonds is 4. The van der Waals surface area contributed by atoms with Gasteiger partial charge in [-0.3, -0.25) is 15.2 Å². The van der Waals surface area contributed by atoms with Crippen LogP contribution in [-0.2, 0) is 6.54 Å². The second-order valence-electron chi connectivity index (χ2n) is 3.79. The Morgan fingerprint density at radius 1 is 1.56 bits per heavy atom. The van der Waals surface area contributed by atoms with Crippen molar-refractivity contribution in [2.75, 3.05) is 5.32 Å². The quantitative estimate of drug-likeness (QED) is 0.658. The second kappa shape index (κ2) is 5.05. The monoisotopic (exact) mass is 266 g/mol. The predicted octanol–water partition coefficient (Wildman–Crippen LogP) is 2.89. The highest BCUT2D eigenvalue weighted by Crippen LogP contribution is 2.28. The van der Waals surface area contributed by atoms with E-state index in [9.17, 15) is 10.1 Å². The minimum absolute atomic E-state index is 0.0383. The van der Waals surface area contributed by atoms with E-state index in [4.69, 9.17) is 11.6 Å². The largest absolute Gasteiger partial charge is 0.375 e. The van der Waals surface area contributed by atoms with E-state index in [0.29, 0.717) is 17.3 Å². The van der Waals surface area contributed by atoms with Crippen molar-refractivity contribution in [2.45, 2.75) is 13.5 Å². The van der Waals surface area contributed by atoms with Gasteiger partial charge in [-0.05, 0) is 19.1 Å². The molecule has 0 atom stereocenters. The maximum atomic E-state index is 10.9. The summed E-state index contributed by atoms with van der Waals surface area (Å²) < 4.78 is 0. The lowest BCUT2D eigenvalue weighted by Crippen LogP contribution is -2.03. The summed E-state index contributed by atoms with van der Waals surface area (Å²) >= 11 is 5.74. The Hall–Kier alpha value is -2.08. The highest BCUT2D eigenvalue weighted by molar-refractivity contribution is 6.30. The van der Waals surface area contributed by atoms with E-state index in [1.165, 1.54) is 6.07 Å². The number of hydrogen-bond acceptors (Lipinski definition) is 4. The number of anilines is 1. The van der Waals surface area contributed by atoms with E-state index >= 15 is 0 Å². The minimum atomic E-state index is -0.462. The summed E-state index contributed by atoms with van der Waals surface area (Å²) in [6.07, 6.45) is 1.68. The summed E-state index contributed by atoms with van der Waals surface area (Å²) in [7, 11) is 0. The highest BCUT2D eigenvalue weighted by atomic mass is 35.5. The molecule has 0 bridgehead atoms. The van der Waals surface area contributed by atoms with Gasteiger partial charge in [0.1, 0.15) is 5.69 Å². The number of hydrogen-bond donors (Lipinski definition) is 2. The molecule has 0 radical (unpaired) electrons. The topological polar surface area (TPSA) is 83.8 Å². The summed E-state index contributed by atoms with van der Waals surface area (Å²) in [4.78, 5) is 10.4. The fourth-order valence-corrected chi connectivity index (χ4v) is 1.72. The van der Waals surface area contributed by atoms with Crippen LogP contribution in [0.3, 0.4) is 0 Å². The van der Waals surface area contributed by atoms with Gasteiger partial charge in [0.2, 0.25) is 0 Å². The second-order valence-corrected chi connectivity index (χ2v) is 4.23. The molecule has 94 valence electrons. The van der Waals surface area contributed by atoms with Crippen LogP contribution in [0.2, 0.25) is 5.02 Å². The number of nitro groups is 1. The predicted molar refractivity (Wildman–Crippen MR) is 68.8 cm³/mol. The molecule has 0 spiro atoms. The van der Waals surface area contributed by atoms with Crippen molar-refractivity contribution in [1.29, 1.82) is 0 Å². The van der Waals surface area contributed by atoms with Crippen LogP contribution in [0.5, 0.6) is 0 Å². The Balaban J connectivity index is 2.19. The van der Waals surface area contributed by atoms with Gasteiger partial charge in [-0.2, -0.15) is 5.10 Å². The van der Waals surface area contributed by atoms with Crippen LogP contribution < -0.4 is 5.32 Å². The fourth-order valence-electron chi connectivity index (χ4n) is 1.55. The molecule has 1 aromatic heterocycles. The van der Waals surface area contributed by atoms with Crippen molar-refractivity contribution in [3.8, 4) is 0 Å². The van der Waals surface area contributed by atoms with E-state index in [2.05, 4.69) is 15.5 Å². The first-order valence-electron chi connectivity index (χ1n) is 5.24. The molecule has 0 aliphatic heterocycles. The lowest BCUT2D eigenvalue weighted by Gasteiger charge is -2.06. The van der Waals surface area contributed by atoms with Crippen LogP contribution in [0.15, 0.2) is 24.4 Å². The third kappa shape index (κ3) is 2.60. The number of H-pyrrole nitrogens is 1. The molecule has 0 amide bonds. The van der Waals surface area contributed by atoms with Crippen molar-refractivity contribution in [3.63, 3.8) is 0 Å². The first kappa shape index (κ1) is 12.4. The molecule has 2 N–H and O–H groups in total. The lowest BCUT2D eigenvalue weighted by molar-refractivity contribution is -0.383. The summed E-state index contributed by atoms with van der Waals surface area (Å²) in [5.41, 5.74) is 2.28. The number of benzene rings is 1. The third-order valence-electron chi connectivity index (χ3n) is 2.56. The maximum absolute atomic E-state index is 10.9. The van der Waals surface area contributed by atoms with E-state index in [-0.39, 0.29) is 5.69 Å². The number of nitro benzene ring substituents is 1. The molecule has 0 aliphatic carbocycles. The van der Waals surface area contributed by atoms with Crippen molar-refractivity contribution < 1.29 is 4.92 Å². The molecule has 0 saturated carbocycles. The van der Waals surface area contributed by atoms with Crippen molar-refractivity contribution >= 4 is 23.0 Å². The molecule has 0 fully saturated rings. The van der Waals surface area contributed by atoms with Crippen LogP contribution in [-0.4, -0.2) is 15.1 Å². The summed E-state index contributed by atoms with van der Waals surface area (Å²) in [5.74, 6) is 0. The normalized spacial score (nSPS) is 10.3. The molecule has 0 unspecified atom stereocenters. The van der Waals surface area contributed by atoms with Gasteiger partial charge in [-0.25, -0.2) is 0 Å². The molecular formula is C11H11ClN4O2. The Kier molecular flexibility index (Phi) is 3.47. The number of nitrogens with zero attached hydrogens (tertiary/aromatic N) is 2. The molecule has 6 nitrogen and oxygen atoms in total. The molecule has 7 heteroatoms. The standard InChI is InChI=1S/C11H11ClN4O2/c1-7-8(6-14-15-7)5-13-10-3-2-9(12)4-11(10)16(17)18/h2-4,6,13H,5H2,1H3,(H,14,15). The van der Waals surface area contributed by atoms with Gasteiger partial charge in [0.15, 0.2) is 0 Å². The zero-order chi connectivity index (χ0) is 13.1. The van der Waals surface area contributed by atoms with E-state index in [0.717, 1.165) is 11.3 Å². The Morgan fingerprint density at radius 3 is 2.94 bits per heavy atom. The molecule has 0 aliphatic rings. The Labute approximate surface area is 108 Å². The number of aromatic nitrogens is 2. The highest BCUT2D eigenvalue weighted by Gasteiger charge is 2.14. The van der Waals surface area contributed by atoms with Crippen LogP contribution in [0.4, 0.5) is 11.4 Å². The van der Waals surface area contributed by atoms with Gasteiger partial charge < -0.3 is 5.32 Å². The first-order chi connectivity index (χ1) is 8.58. The van der Waals surface area contributed by atoms with Crippen LogP contribution in [0.1, 0.15) is 11.3 Å². The van der Waals surface area contributed by atoms with Crippen molar-refractivity contribution in [3.05, 3.63) is 50.8 Å². The van der Waals surface area contributed by atoms with Gasteiger partial charge in [-0.1, -0.05) is 11.6 Å². The third-order valence-corrected chi connectivity index (χ3v) is 2.80. The maximum Gasteiger partial charge on any atom is 0.293 e. The van der Waals surface area contributed by atoms with Crippen molar-refractivity contribution in [1.82, 2.24) is 10.2 Å². The summed E-state index contributed by atoms with van der Waals surface area (Å²) in [5, 5.41) is 20.9. The van der Waals surface area contributed by atoms with Gasteiger partial charge in [0.25, 0.3) is 5.69 Å². The molecule has 18 heavy (non-hydrogen) atoms. The summed E-state index contributed by atoms with van der Waals surface area (Å²) in [6, 6.07) is 4.53. The summed E-state index contributed by atoms with van der Waals surface area (Å²) in [6.45, 7) is 2.35. The van der Waals surface area contributed by atoms with Gasteiger partial charge in [0.05, 0.1) is 11.1 Å². The van der Waals surface area contributed by atoms with Gasteiger partial charge >= 0.3 is 0 Å². The van der Waals surface area contributed by atoms with Crippen molar-refractivity contribution in [2.24, 2.45) is 0 Å². The number of aromatic amines is 1. The Bertz CT molecular complexity index is 582.